The van der Waals surface area contributed by atoms with E-state index < -0.39 is 26.6 Å². The van der Waals surface area contributed by atoms with E-state index in [1.165, 1.54) is 25.3 Å². The van der Waals surface area contributed by atoms with Crippen LogP contribution in [-0.4, -0.2) is 20.9 Å². The molecule has 110 valence electrons. The Morgan fingerprint density at radius 2 is 2.10 bits per heavy atom. The van der Waals surface area contributed by atoms with Crippen LogP contribution in [-0.2, 0) is 10.0 Å². The lowest BCUT2D eigenvalue weighted by atomic mass is 9.83. The van der Waals surface area contributed by atoms with Gasteiger partial charge >= 0.3 is 0 Å². The Bertz CT molecular complexity index is 612. The second kappa shape index (κ2) is 5.88. The molecule has 0 radical (unpaired) electrons. The number of hydrogen-bond acceptors (Lipinski definition) is 3. The summed E-state index contributed by atoms with van der Waals surface area (Å²) < 4.78 is 35.7. The van der Waals surface area contributed by atoms with Crippen LogP contribution < -0.4 is 10.5 Å². The van der Waals surface area contributed by atoms with E-state index in [0.717, 1.165) is 18.6 Å². The van der Waals surface area contributed by atoms with E-state index in [9.17, 15) is 17.6 Å². The fraction of sp³-hybridized carbons (Fsp3) is 0.462. The highest BCUT2D eigenvalue weighted by Gasteiger charge is 2.19. The van der Waals surface area contributed by atoms with Crippen molar-refractivity contribution in [2.24, 2.45) is 11.1 Å². The fourth-order valence-electron chi connectivity index (χ4n) is 2.14. The summed E-state index contributed by atoms with van der Waals surface area (Å²) in [4.78, 5) is 11.2. The van der Waals surface area contributed by atoms with Crippen LogP contribution in [0.15, 0.2) is 23.1 Å². The molecule has 2 rings (SSSR count). The molecule has 5 nitrogen and oxygen atoms in total. The molecule has 0 heterocycles. The van der Waals surface area contributed by atoms with E-state index >= 15 is 0 Å². The number of amides is 1. The predicted molar refractivity (Wildman–Crippen MR) is 72.1 cm³/mol. The molecule has 0 spiro atoms. The van der Waals surface area contributed by atoms with Gasteiger partial charge < -0.3 is 5.32 Å². The number of carbonyl (C=O) groups excluding carboxylic acids is 1. The molecular formula is C13H17FN2O3S. The van der Waals surface area contributed by atoms with Crippen molar-refractivity contribution in [1.82, 2.24) is 5.32 Å². The summed E-state index contributed by atoms with van der Waals surface area (Å²) >= 11 is 0. The number of halogens is 1. The standard InChI is InChI=1S/C13H17FN2O3S/c14-11-5-4-10(8-12(11)20(15,18)19)13(17)16-7-6-9-2-1-3-9/h4-5,8-9H,1-3,6-7H2,(H,16,17)(H2,15,18,19). The van der Waals surface area contributed by atoms with E-state index in [-0.39, 0.29) is 5.56 Å². The predicted octanol–water partition coefficient (Wildman–Crippen LogP) is 1.39. The van der Waals surface area contributed by atoms with Crippen LogP contribution in [0.3, 0.4) is 0 Å². The maximum Gasteiger partial charge on any atom is 0.251 e. The van der Waals surface area contributed by atoms with Crippen molar-refractivity contribution in [2.45, 2.75) is 30.6 Å². The largest absolute Gasteiger partial charge is 0.352 e. The maximum absolute atomic E-state index is 13.3. The van der Waals surface area contributed by atoms with Crippen molar-refractivity contribution in [3.63, 3.8) is 0 Å². The van der Waals surface area contributed by atoms with Crippen LogP contribution in [0.2, 0.25) is 0 Å². The van der Waals surface area contributed by atoms with Gasteiger partial charge in [0.15, 0.2) is 0 Å². The van der Waals surface area contributed by atoms with Crippen LogP contribution >= 0.6 is 0 Å². The number of nitrogens with two attached hydrogens (primary N) is 1. The molecule has 1 fully saturated rings. The highest BCUT2D eigenvalue weighted by atomic mass is 32.2. The molecule has 1 aromatic rings. The summed E-state index contributed by atoms with van der Waals surface area (Å²) in [5, 5.41) is 7.59. The van der Waals surface area contributed by atoms with E-state index in [1.54, 1.807) is 0 Å². The van der Waals surface area contributed by atoms with E-state index in [4.69, 9.17) is 5.14 Å². The lowest BCUT2D eigenvalue weighted by Crippen LogP contribution is -2.27. The van der Waals surface area contributed by atoms with E-state index in [1.807, 2.05) is 0 Å². The number of primary sulfonamides is 1. The Morgan fingerprint density at radius 1 is 1.40 bits per heavy atom. The Balaban J connectivity index is 2.02. The molecule has 0 atom stereocenters. The zero-order valence-electron chi connectivity index (χ0n) is 10.9. The average molecular weight is 300 g/mol. The Kier molecular flexibility index (Phi) is 4.39. The second-order valence-electron chi connectivity index (χ2n) is 5.03. The van der Waals surface area contributed by atoms with Gasteiger partial charge in [-0.15, -0.1) is 0 Å². The number of carbonyl (C=O) groups is 1. The minimum absolute atomic E-state index is 0.0871. The van der Waals surface area contributed by atoms with Gasteiger partial charge in [-0.25, -0.2) is 17.9 Å². The molecule has 7 heteroatoms. The Morgan fingerprint density at radius 3 is 2.65 bits per heavy atom. The van der Waals surface area contributed by atoms with Crippen LogP contribution in [0.4, 0.5) is 4.39 Å². The van der Waals surface area contributed by atoms with Crippen LogP contribution in [0.25, 0.3) is 0 Å². The van der Waals surface area contributed by atoms with Gasteiger partial charge in [0, 0.05) is 12.1 Å². The minimum atomic E-state index is -4.17. The first-order chi connectivity index (χ1) is 9.38. The Labute approximate surface area is 117 Å². The van der Waals surface area contributed by atoms with Gasteiger partial charge in [0.05, 0.1) is 0 Å². The van der Waals surface area contributed by atoms with E-state index in [0.29, 0.717) is 12.5 Å². The van der Waals surface area contributed by atoms with Gasteiger partial charge in [-0.1, -0.05) is 19.3 Å². The smallest absolute Gasteiger partial charge is 0.251 e. The van der Waals surface area contributed by atoms with Crippen molar-refractivity contribution < 1.29 is 17.6 Å². The molecule has 0 unspecified atom stereocenters. The summed E-state index contributed by atoms with van der Waals surface area (Å²) in [5.74, 6) is -0.712. The molecule has 20 heavy (non-hydrogen) atoms. The van der Waals surface area contributed by atoms with Crippen LogP contribution in [0.5, 0.6) is 0 Å². The monoisotopic (exact) mass is 300 g/mol. The van der Waals surface area contributed by atoms with Crippen molar-refractivity contribution in [3.8, 4) is 0 Å². The summed E-state index contributed by atoms with van der Waals surface area (Å²) in [6, 6.07) is 3.13. The zero-order valence-corrected chi connectivity index (χ0v) is 11.7. The first-order valence-corrected chi connectivity index (χ1v) is 8.03. The van der Waals surface area contributed by atoms with Gasteiger partial charge in [0.25, 0.3) is 5.91 Å². The SMILES string of the molecule is NS(=O)(=O)c1cc(C(=O)NCCC2CCC2)ccc1F. The molecule has 3 N–H and O–H groups in total. The summed E-state index contributed by atoms with van der Waals surface area (Å²) in [5.41, 5.74) is 0.0871. The van der Waals surface area contributed by atoms with Crippen LogP contribution in [0, 0.1) is 11.7 Å². The lowest BCUT2D eigenvalue weighted by Gasteiger charge is -2.25. The average Bonchev–Trinajstić information content (AvgIpc) is 2.31. The van der Waals surface area contributed by atoms with Crippen molar-refractivity contribution in [2.75, 3.05) is 6.54 Å². The highest BCUT2D eigenvalue weighted by molar-refractivity contribution is 7.89. The third-order valence-electron chi connectivity index (χ3n) is 3.56. The van der Waals surface area contributed by atoms with Crippen molar-refractivity contribution in [3.05, 3.63) is 29.6 Å². The number of rotatable bonds is 5. The Hall–Kier alpha value is -1.47. The van der Waals surface area contributed by atoms with Crippen molar-refractivity contribution in [1.29, 1.82) is 0 Å². The molecule has 0 aromatic heterocycles. The maximum atomic E-state index is 13.3. The number of nitrogens with one attached hydrogen (secondary N) is 1. The normalized spacial score (nSPS) is 15.7. The lowest BCUT2D eigenvalue weighted by molar-refractivity contribution is 0.0948. The third kappa shape index (κ3) is 3.55. The molecule has 1 aliphatic carbocycles. The van der Waals surface area contributed by atoms with Gasteiger partial charge in [-0.3, -0.25) is 4.79 Å². The molecule has 1 aliphatic rings. The molecule has 1 saturated carbocycles. The first-order valence-electron chi connectivity index (χ1n) is 6.48. The summed E-state index contributed by atoms with van der Waals surface area (Å²) in [6.45, 7) is 0.533. The molecule has 0 aliphatic heterocycles. The van der Waals surface area contributed by atoms with Gasteiger partial charge in [-0.2, -0.15) is 0 Å². The van der Waals surface area contributed by atoms with Crippen molar-refractivity contribution >= 4 is 15.9 Å². The molecular weight excluding hydrogens is 283 g/mol. The first kappa shape index (κ1) is 14.9. The number of hydrogen-bond donors (Lipinski definition) is 2. The highest BCUT2D eigenvalue weighted by Crippen LogP contribution is 2.28. The minimum Gasteiger partial charge on any atom is -0.352 e. The quantitative estimate of drug-likeness (QED) is 0.861. The number of sulfonamides is 1. The third-order valence-corrected chi connectivity index (χ3v) is 4.49. The molecule has 0 saturated heterocycles. The summed E-state index contributed by atoms with van der Waals surface area (Å²) in [6.07, 6.45) is 4.55. The van der Waals surface area contributed by atoms with Gasteiger partial charge in [-0.05, 0) is 30.5 Å². The number of benzene rings is 1. The fourth-order valence-corrected chi connectivity index (χ4v) is 2.77. The zero-order chi connectivity index (χ0) is 14.8. The molecule has 0 bridgehead atoms. The van der Waals surface area contributed by atoms with Crippen LogP contribution in [0.1, 0.15) is 36.0 Å². The molecule has 1 amide bonds. The molecule has 1 aromatic carbocycles. The van der Waals surface area contributed by atoms with Gasteiger partial charge in [0.1, 0.15) is 10.7 Å². The second-order valence-corrected chi connectivity index (χ2v) is 6.56. The van der Waals surface area contributed by atoms with Gasteiger partial charge in [0.2, 0.25) is 10.0 Å². The van der Waals surface area contributed by atoms with E-state index in [2.05, 4.69) is 5.32 Å². The summed E-state index contributed by atoms with van der Waals surface area (Å²) in [7, 11) is -4.17. The topological polar surface area (TPSA) is 89.3 Å².